The number of fused-ring (bicyclic) bond motifs is 1. The van der Waals surface area contributed by atoms with Gasteiger partial charge in [0.2, 0.25) is 0 Å². The molecule has 1 N–H and O–H groups in total. The number of carboxylic acids is 1. The number of aromatic nitrogens is 2. The molecule has 0 atom stereocenters. The predicted octanol–water partition coefficient (Wildman–Crippen LogP) is 2.71. The minimum Gasteiger partial charge on any atom is -0.480 e. The summed E-state index contributed by atoms with van der Waals surface area (Å²) in [5.41, 5.74) is 1.93. The van der Waals surface area contributed by atoms with E-state index in [4.69, 9.17) is 5.11 Å². The molecule has 0 saturated carbocycles. The maximum Gasteiger partial charge on any atom is 0.323 e. The van der Waals surface area contributed by atoms with Crippen molar-refractivity contribution < 1.29 is 14.7 Å². The van der Waals surface area contributed by atoms with Crippen LogP contribution in [0.4, 0.5) is 0 Å². The van der Waals surface area contributed by atoms with E-state index in [0.29, 0.717) is 17.8 Å². The Balaban J connectivity index is 1.82. The van der Waals surface area contributed by atoms with Gasteiger partial charge >= 0.3 is 5.97 Å². The van der Waals surface area contributed by atoms with Crippen molar-refractivity contribution >= 4 is 33.4 Å². The fourth-order valence-electron chi connectivity index (χ4n) is 2.79. The van der Waals surface area contributed by atoms with E-state index in [0.717, 1.165) is 21.5 Å². The van der Waals surface area contributed by atoms with Gasteiger partial charge in [0.05, 0.1) is 10.6 Å². The molecule has 0 aliphatic carbocycles. The molecule has 0 aliphatic rings. The lowest BCUT2D eigenvalue weighted by Gasteiger charge is -2.20. The zero-order valence-electron chi connectivity index (χ0n) is 14.1. The van der Waals surface area contributed by atoms with Gasteiger partial charge in [0.25, 0.3) is 5.91 Å². The smallest absolute Gasteiger partial charge is 0.323 e. The van der Waals surface area contributed by atoms with Crippen molar-refractivity contribution in [2.75, 3.05) is 13.1 Å². The number of carbonyl (C=O) groups excluding carboxylic acids is 1. The van der Waals surface area contributed by atoms with Crippen molar-refractivity contribution in [1.29, 1.82) is 0 Å². The Bertz CT molecular complexity index is 880. The second kappa shape index (κ2) is 7.06. The fourth-order valence-corrected chi connectivity index (χ4v) is 3.88. The normalized spacial score (nSPS) is 11.0. The van der Waals surface area contributed by atoms with Crippen LogP contribution in [0.1, 0.15) is 20.9 Å². The first kappa shape index (κ1) is 17.2. The zero-order valence-corrected chi connectivity index (χ0v) is 14.9. The van der Waals surface area contributed by atoms with E-state index in [1.807, 2.05) is 50.4 Å². The highest BCUT2D eigenvalue weighted by Crippen LogP contribution is 2.28. The summed E-state index contributed by atoms with van der Waals surface area (Å²) >= 11 is 1.35. The summed E-state index contributed by atoms with van der Waals surface area (Å²) in [5.74, 6) is -1.26. The first-order chi connectivity index (χ1) is 12.0. The molecular weight excluding hydrogens is 338 g/mol. The van der Waals surface area contributed by atoms with Gasteiger partial charge in [-0.15, -0.1) is 11.3 Å². The molecule has 0 unspecified atom stereocenters. The van der Waals surface area contributed by atoms with Crippen LogP contribution in [0.2, 0.25) is 0 Å². The number of hydrogen-bond donors (Lipinski definition) is 1. The molecule has 3 rings (SSSR count). The Hall–Kier alpha value is -2.67. The van der Waals surface area contributed by atoms with Gasteiger partial charge in [-0.3, -0.25) is 14.3 Å². The number of benzene rings is 1. The minimum atomic E-state index is -1.01. The van der Waals surface area contributed by atoms with Crippen molar-refractivity contribution in [3.63, 3.8) is 0 Å². The zero-order chi connectivity index (χ0) is 18.0. The lowest BCUT2D eigenvalue weighted by atomic mass is 10.1. The molecule has 0 spiro atoms. The summed E-state index contributed by atoms with van der Waals surface area (Å²) in [6.07, 6.45) is 0.616. The highest BCUT2D eigenvalue weighted by atomic mass is 32.1. The molecule has 0 aliphatic heterocycles. The van der Waals surface area contributed by atoms with E-state index in [1.54, 1.807) is 4.68 Å². The van der Waals surface area contributed by atoms with Crippen LogP contribution in [0, 0.1) is 6.92 Å². The third-order valence-electron chi connectivity index (χ3n) is 4.03. The Labute approximate surface area is 149 Å². The van der Waals surface area contributed by atoms with Gasteiger partial charge in [-0.1, -0.05) is 30.3 Å². The van der Waals surface area contributed by atoms with Crippen molar-refractivity contribution in [3.8, 4) is 0 Å². The van der Waals surface area contributed by atoms with Gasteiger partial charge in [-0.05, 0) is 25.0 Å². The monoisotopic (exact) mass is 357 g/mol. The van der Waals surface area contributed by atoms with Gasteiger partial charge in [0, 0.05) is 19.0 Å². The molecule has 2 aromatic heterocycles. The maximum atomic E-state index is 12.8. The predicted molar refractivity (Wildman–Crippen MR) is 97.0 cm³/mol. The summed E-state index contributed by atoms with van der Waals surface area (Å²) < 4.78 is 1.75. The number of rotatable bonds is 6. The minimum absolute atomic E-state index is 0.251. The van der Waals surface area contributed by atoms with E-state index in [9.17, 15) is 9.59 Å². The summed E-state index contributed by atoms with van der Waals surface area (Å²) in [7, 11) is 1.84. The molecule has 25 heavy (non-hydrogen) atoms. The van der Waals surface area contributed by atoms with E-state index < -0.39 is 5.97 Å². The number of nitrogens with zero attached hydrogens (tertiary/aromatic N) is 3. The van der Waals surface area contributed by atoms with Gasteiger partial charge < -0.3 is 10.0 Å². The Morgan fingerprint density at radius 2 is 2.00 bits per heavy atom. The average Bonchev–Trinajstić information content (AvgIpc) is 3.13. The molecule has 3 aromatic rings. The van der Waals surface area contributed by atoms with Crippen LogP contribution >= 0.6 is 11.3 Å². The molecule has 0 fully saturated rings. The largest absolute Gasteiger partial charge is 0.480 e. The highest BCUT2D eigenvalue weighted by molar-refractivity contribution is 7.20. The van der Waals surface area contributed by atoms with E-state index in [-0.39, 0.29) is 12.5 Å². The SMILES string of the molecule is Cc1nn(C)c2sc(C(=O)N(CCc3ccccc3)CC(=O)O)cc12. The Morgan fingerprint density at radius 1 is 1.28 bits per heavy atom. The molecular formula is C18H19N3O3S. The average molecular weight is 357 g/mol. The van der Waals surface area contributed by atoms with Crippen LogP contribution in [0.25, 0.3) is 10.2 Å². The van der Waals surface area contributed by atoms with Crippen LogP contribution in [0.15, 0.2) is 36.4 Å². The molecule has 0 bridgehead atoms. The van der Waals surface area contributed by atoms with E-state index in [1.165, 1.54) is 16.2 Å². The molecule has 1 aromatic carbocycles. The van der Waals surface area contributed by atoms with Crippen molar-refractivity contribution in [3.05, 3.63) is 52.5 Å². The Morgan fingerprint density at radius 3 is 2.64 bits per heavy atom. The number of carboxylic acid groups (broad SMARTS) is 1. The van der Waals surface area contributed by atoms with Crippen LogP contribution in [-0.4, -0.2) is 44.8 Å². The molecule has 0 radical (unpaired) electrons. The van der Waals surface area contributed by atoms with Gasteiger partial charge in [-0.2, -0.15) is 5.10 Å². The summed E-state index contributed by atoms with van der Waals surface area (Å²) in [5, 5.41) is 14.4. The van der Waals surface area contributed by atoms with Crippen LogP contribution in [-0.2, 0) is 18.3 Å². The molecule has 0 saturated heterocycles. The first-order valence-electron chi connectivity index (χ1n) is 7.94. The molecule has 6 nitrogen and oxygen atoms in total. The van der Waals surface area contributed by atoms with Crippen LogP contribution in [0.3, 0.4) is 0 Å². The number of amides is 1. The second-order valence-electron chi connectivity index (χ2n) is 5.89. The summed E-state index contributed by atoms with van der Waals surface area (Å²) in [4.78, 5) is 26.9. The number of thiophene rings is 1. The van der Waals surface area contributed by atoms with Crippen LogP contribution < -0.4 is 0 Å². The Kier molecular flexibility index (Phi) is 4.85. The quantitative estimate of drug-likeness (QED) is 0.736. The third-order valence-corrected chi connectivity index (χ3v) is 5.22. The summed E-state index contributed by atoms with van der Waals surface area (Å²) in [6.45, 7) is 1.95. The van der Waals surface area contributed by atoms with Crippen molar-refractivity contribution in [1.82, 2.24) is 14.7 Å². The van der Waals surface area contributed by atoms with Gasteiger partial charge in [0.1, 0.15) is 11.4 Å². The molecule has 130 valence electrons. The molecule has 2 heterocycles. The lowest BCUT2D eigenvalue weighted by Crippen LogP contribution is -2.36. The number of hydrogen-bond acceptors (Lipinski definition) is 4. The van der Waals surface area contributed by atoms with Gasteiger partial charge in [0.15, 0.2) is 0 Å². The molecule has 1 amide bonds. The highest BCUT2D eigenvalue weighted by Gasteiger charge is 2.22. The van der Waals surface area contributed by atoms with Crippen molar-refractivity contribution in [2.24, 2.45) is 7.05 Å². The van der Waals surface area contributed by atoms with E-state index in [2.05, 4.69) is 5.10 Å². The topological polar surface area (TPSA) is 75.4 Å². The standard InChI is InChI=1S/C18H19N3O3S/c1-12-14-10-15(25-18(14)20(2)19-12)17(24)21(11-16(22)23)9-8-13-6-4-3-5-7-13/h3-7,10H,8-9,11H2,1-2H3,(H,22,23). The first-order valence-corrected chi connectivity index (χ1v) is 8.75. The fraction of sp³-hybridized carbons (Fsp3) is 0.278. The van der Waals surface area contributed by atoms with Crippen LogP contribution in [0.5, 0.6) is 0 Å². The number of aryl methyl sites for hydroxylation is 2. The maximum absolute atomic E-state index is 12.8. The number of carbonyl (C=O) groups is 2. The summed E-state index contributed by atoms with van der Waals surface area (Å²) in [6, 6.07) is 11.5. The third kappa shape index (κ3) is 3.71. The van der Waals surface area contributed by atoms with E-state index >= 15 is 0 Å². The second-order valence-corrected chi connectivity index (χ2v) is 6.93. The van der Waals surface area contributed by atoms with Crippen molar-refractivity contribution in [2.45, 2.75) is 13.3 Å². The molecule has 7 heteroatoms. The number of aliphatic carboxylic acids is 1. The lowest BCUT2D eigenvalue weighted by molar-refractivity contribution is -0.137. The van der Waals surface area contributed by atoms with Gasteiger partial charge in [-0.25, -0.2) is 0 Å².